The fourth-order valence-electron chi connectivity index (χ4n) is 2.81. The van der Waals surface area contributed by atoms with E-state index in [1.165, 1.54) is 16.3 Å². The first-order chi connectivity index (χ1) is 8.14. The number of ether oxygens (including phenoxy) is 1. The van der Waals surface area contributed by atoms with Crippen molar-refractivity contribution in [3.63, 3.8) is 0 Å². The summed E-state index contributed by atoms with van der Waals surface area (Å²) in [6.07, 6.45) is 0. The van der Waals surface area contributed by atoms with Gasteiger partial charge in [-0.1, -0.05) is 43.4 Å². The lowest BCUT2D eigenvalue weighted by atomic mass is 10.1. The van der Waals surface area contributed by atoms with E-state index in [1.54, 1.807) is 12.3 Å². The number of fused-ring (bicyclic) bond motifs is 3. The topological polar surface area (TPSA) is 9.23 Å². The first-order valence-electron chi connectivity index (χ1n) is 5.93. The molecule has 0 amide bonds. The van der Waals surface area contributed by atoms with Gasteiger partial charge in [0.25, 0.3) is 0 Å². The molecule has 0 aromatic heterocycles. The quantitative estimate of drug-likeness (QED) is 0.696. The summed E-state index contributed by atoms with van der Waals surface area (Å²) in [5, 5.41) is 3.04. The summed E-state index contributed by atoms with van der Waals surface area (Å²) in [7, 11) is 0.225. The van der Waals surface area contributed by atoms with Crippen LogP contribution in [0.25, 0.3) is 11.1 Å². The van der Waals surface area contributed by atoms with Crippen LogP contribution < -0.4 is 15.1 Å². The lowest BCUT2D eigenvalue weighted by Gasteiger charge is -2.18. The maximum atomic E-state index is 5.35. The lowest BCUT2D eigenvalue weighted by molar-refractivity contribution is 0.415. The van der Waals surface area contributed by atoms with Crippen LogP contribution in [0.3, 0.4) is 0 Å². The van der Waals surface area contributed by atoms with Gasteiger partial charge < -0.3 is 4.74 Å². The number of benzene rings is 2. The molecule has 0 N–H and O–H groups in total. The molecule has 0 atom stereocenters. The van der Waals surface area contributed by atoms with E-state index in [0.717, 1.165) is 5.75 Å². The normalized spacial score (nSPS) is 15.2. The summed E-state index contributed by atoms with van der Waals surface area (Å²) < 4.78 is 5.35. The van der Waals surface area contributed by atoms with Crippen LogP contribution in [0.15, 0.2) is 42.5 Å². The fraction of sp³-hybridized carbons (Fsp3) is 0.200. The molecule has 1 aliphatic heterocycles. The van der Waals surface area contributed by atoms with E-state index in [0.29, 0.717) is 0 Å². The molecule has 17 heavy (non-hydrogen) atoms. The van der Waals surface area contributed by atoms with E-state index in [4.69, 9.17) is 4.74 Å². The second kappa shape index (κ2) is 3.47. The molecule has 0 fully saturated rings. The van der Waals surface area contributed by atoms with Gasteiger partial charge in [0, 0.05) is 0 Å². The fourth-order valence-corrected chi connectivity index (χ4v) is 5.90. The van der Waals surface area contributed by atoms with Gasteiger partial charge in [-0.3, -0.25) is 0 Å². The Kier molecular flexibility index (Phi) is 2.17. The zero-order valence-electron chi connectivity index (χ0n) is 10.4. The smallest absolute Gasteiger partial charge is 0.118 e. The second-order valence-electron chi connectivity index (χ2n) is 5.08. The van der Waals surface area contributed by atoms with Crippen molar-refractivity contribution in [2.45, 2.75) is 13.1 Å². The Bertz CT molecular complexity index is 587. The van der Waals surface area contributed by atoms with Crippen LogP contribution in [0.5, 0.6) is 5.75 Å². The Morgan fingerprint density at radius 1 is 0.882 bits per heavy atom. The van der Waals surface area contributed by atoms with Gasteiger partial charge in [0.15, 0.2) is 0 Å². The van der Waals surface area contributed by atoms with Crippen LogP contribution >= 0.6 is 0 Å². The standard InChI is InChI=1S/C15H16OSi/c1-16-11-8-9-13-12-6-4-5-7-14(12)17(2,3)15(13)10-11/h4-10H,1-3H3. The summed E-state index contributed by atoms with van der Waals surface area (Å²) >= 11 is 0. The van der Waals surface area contributed by atoms with Crippen molar-refractivity contribution in [2.75, 3.05) is 7.11 Å². The zero-order chi connectivity index (χ0) is 12.0. The molecule has 1 aliphatic rings. The van der Waals surface area contributed by atoms with Crippen LogP contribution in [0.1, 0.15) is 0 Å². The minimum Gasteiger partial charge on any atom is -0.497 e. The van der Waals surface area contributed by atoms with E-state index >= 15 is 0 Å². The van der Waals surface area contributed by atoms with Gasteiger partial charge in [-0.2, -0.15) is 0 Å². The highest BCUT2D eigenvalue weighted by Gasteiger charge is 2.37. The van der Waals surface area contributed by atoms with Crippen molar-refractivity contribution in [2.24, 2.45) is 0 Å². The number of hydrogen-bond acceptors (Lipinski definition) is 1. The van der Waals surface area contributed by atoms with Crippen molar-refractivity contribution in [3.8, 4) is 16.9 Å². The van der Waals surface area contributed by atoms with Gasteiger partial charge >= 0.3 is 0 Å². The minimum absolute atomic E-state index is 0.970. The SMILES string of the molecule is COc1ccc2c(c1)[Si](C)(C)c1ccccc1-2. The van der Waals surface area contributed by atoms with Crippen molar-refractivity contribution >= 4 is 18.4 Å². The predicted octanol–water partition coefficient (Wildman–Crippen LogP) is 2.50. The Hall–Kier alpha value is -1.54. The first kappa shape index (κ1) is 10.6. The molecule has 0 bridgehead atoms. The summed E-state index contributed by atoms with van der Waals surface area (Å²) in [4.78, 5) is 0. The predicted molar refractivity (Wildman–Crippen MR) is 75.2 cm³/mol. The largest absolute Gasteiger partial charge is 0.497 e. The van der Waals surface area contributed by atoms with Crippen molar-refractivity contribution < 1.29 is 4.74 Å². The molecular formula is C15H16OSi. The summed E-state index contributed by atoms with van der Waals surface area (Å²) in [6.45, 7) is 4.83. The molecule has 1 nitrogen and oxygen atoms in total. The third-order valence-corrected chi connectivity index (χ3v) is 7.33. The molecular weight excluding hydrogens is 224 g/mol. The molecule has 0 spiro atoms. The van der Waals surface area contributed by atoms with Crippen molar-refractivity contribution in [3.05, 3.63) is 42.5 Å². The first-order valence-corrected chi connectivity index (χ1v) is 8.93. The number of rotatable bonds is 1. The van der Waals surface area contributed by atoms with Crippen molar-refractivity contribution in [1.29, 1.82) is 0 Å². The van der Waals surface area contributed by atoms with Gasteiger partial charge in [-0.25, -0.2) is 0 Å². The Balaban J connectivity index is 2.32. The maximum absolute atomic E-state index is 5.35. The van der Waals surface area contributed by atoms with Crippen LogP contribution in [0, 0.1) is 0 Å². The highest BCUT2D eigenvalue weighted by Crippen LogP contribution is 2.29. The molecule has 86 valence electrons. The Morgan fingerprint density at radius 2 is 1.59 bits per heavy atom. The minimum atomic E-state index is -1.51. The van der Waals surface area contributed by atoms with Gasteiger partial charge in [0.05, 0.1) is 7.11 Å². The molecule has 0 aliphatic carbocycles. The maximum Gasteiger partial charge on any atom is 0.118 e. The molecule has 0 saturated carbocycles. The lowest BCUT2D eigenvalue weighted by Crippen LogP contribution is -2.49. The van der Waals surface area contributed by atoms with Gasteiger partial charge in [0.2, 0.25) is 0 Å². The molecule has 0 saturated heterocycles. The average Bonchev–Trinajstić information content (AvgIpc) is 2.59. The zero-order valence-corrected chi connectivity index (χ0v) is 11.4. The third-order valence-electron chi connectivity index (χ3n) is 3.79. The summed E-state index contributed by atoms with van der Waals surface area (Å²) in [5.74, 6) is 0.970. The highest BCUT2D eigenvalue weighted by atomic mass is 28.3. The number of hydrogen-bond donors (Lipinski definition) is 0. The summed E-state index contributed by atoms with van der Waals surface area (Å²) in [5.41, 5.74) is 2.82. The van der Waals surface area contributed by atoms with Crippen LogP contribution in [-0.2, 0) is 0 Å². The summed E-state index contributed by atoms with van der Waals surface area (Å²) in [6, 6.07) is 15.3. The molecule has 2 aromatic rings. The van der Waals surface area contributed by atoms with E-state index in [-0.39, 0.29) is 0 Å². The third kappa shape index (κ3) is 1.37. The van der Waals surface area contributed by atoms with Gasteiger partial charge in [0.1, 0.15) is 13.8 Å². The van der Waals surface area contributed by atoms with E-state index < -0.39 is 8.07 Å². The van der Waals surface area contributed by atoms with Gasteiger partial charge in [-0.15, -0.1) is 0 Å². The van der Waals surface area contributed by atoms with E-state index in [2.05, 4.69) is 55.6 Å². The molecule has 3 rings (SSSR count). The second-order valence-corrected chi connectivity index (χ2v) is 9.41. The Morgan fingerprint density at radius 3 is 2.35 bits per heavy atom. The van der Waals surface area contributed by atoms with Crippen LogP contribution in [0.2, 0.25) is 13.1 Å². The van der Waals surface area contributed by atoms with Crippen LogP contribution in [0.4, 0.5) is 0 Å². The number of methoxy groups -OCH3 is 1. The molecule has 0 radical (unpaired) electrons. The molecule has 0 unspecified atom stereocenters. The molecule has 1 heterocycles. The van der Waals surface area contributed by atoms with Crippen LogP contribution in [-0.4, -0.2) is 15.2 Å². The highest BCUT2D eigenvalue weighted by molar-refractivity contribution is 7.03. The van der Waals surface area contributed by atoms with Gasteiger partial charge in [-0.05, 0) is 33.6 Å². The van der Waals surface area contributed by atoms with E-state index in [1.807, 2.05) is 0 Å². The average molecular weight is 240 g/mol. The monoisotopic (exact) mass is 240 g/mol. The molecule has 2 heteroatoms. The molecule has 2 aromatic carbocycles. The van der Waals surface area contributed by atoms with E-state index in [9.17, 15) is 0 Å². The van der Waals surface area contributed by atoms with Crippen molar-refractivity contribution in [1.82, 2.24) is 0 Å². The Labute approximate surface area is 103 Å².